The molecule has 24 heavy (non-hydrogen) atoms. The van der Waals surface area contributed by atoms with Crippen LogP contribution in [-0.2, 0) is 13.1 Å². The van der Waals surface area contributed by atoms with Gasteiger partial charge in [0.2, 0.25) is 0 Å². The van der Waals surface area contributed by atoms with E-state index in [1.165, 1.54) is 31.2 Å². The van der Waals surface area contributed by atoms with Crippen LogP contribution in [0.5, 0.6) is 0 Å². The molecule has 0 aliphatic carbocycles. The molecule has 130 valence electrons. The Labute approximate surface area is 145 Å². The van der Waals surface area contributed by atoms with Crippen LogP contribution in [0.1, 0.15) is 43.7 Å². The van der Waals surface area contributed by atoms with E-state index in [1.807, 2.05) is 16.9 Å². The van der Waals surface area contributed by atoms with E-state index in [4.69, 9.17) is 0 Å². The van der Waals surface area contributed by atoms with Crippen molar-refractivity contribution in [3.63, 3.8) is 0 Å². The first-order valence-corrected chi connectivity index (χ1v) is 8.81. The van der Waals surface area contributed by atoms with Gasteiger partial charge in [-0.3, -0.25) is 9.67 Å². The topological polar surface area (TPSA) is 54.2 Å². The second-order valence-electron chi connectivity index (χ2n) is 5.94. The van der Waals surface area contributed by atoms with Gasteiger partial charge in [0.05, 0.1) is 12.7 Å². The second kappa shape index (κ2) is 10.5. The molecule has 2 aromatic rings. The summed E-state index contributed by atoms with van der Waals surface area (Å²) in [5, 5.41) is 11.1. The first-order chi connectivity index (χ1) is 11.8. The third kappa shape index (κ3) is 6.44. The molecule has 5 heteroatoms. The molecule has 0 saturated carbocycles. The van der Waals surface area contributed by atoms with Crippen LogP contribution in [0.25, 0.3) is 0 Å². The van der Waals surface area contributed by atoms with Crippen LogP contribution in [0.4, 0.5) is 0 Å². The van der Waals surface area contributed by atoms with Gasteiger partial charge in [0.1, 0.15) is 0 Å². The molecular formula is C19H29N5. The van der Waals surface area contributed by atoms with E-state index in [2.05, 4.69) is 58.1 Å². The molecular weight excluding hydrogens is 298 g/mol. The minimum absolute atomic E-state index is 0.726. The monoisotopic (exact) mass is 327 g/mol. The maximum atomic E-state index is 4.43. The number of nitrogens with one attached hydrogen (secondary N) is 2. The number of guanidine groups is 1. The zero-order valence-electron chi connectivity index (χ0n) is 14.8. The van der Waals surface area contributed by atoms with E-state index < -0.39 is 0 Å². The van der Waals surface area contributed by atoms with Crippen LogP contribution >= 0.6 is 0 Å². The summed E-state index contributed by atoms with van der Waals surface area (Å²) in [5.74, 6) is 0.849. The Balaban J connectivity index is 1.73. The second-order valence-corrected chi connectivity index (χ2v) is 5.94. The smallest absolute Gasteiger partial charge is 0.191 e. The highest BCUT2D eigenvalue weighted by Crippen LogP contribution is 2.04. The molecule has 0 bridgehead atoms. The first-order valence-electron chi connectivity index (χ1n) is 8.81. The Morgan fingerprint density at radius 2 is 1.92 bits per heavy atom. The number of aliphatic imine (C=N–C) groups is 1. The third-order valence-electron chi connectivity index (χ3n) is 3.88. The normalized spacial score (nSPS) is 11.5. The van der Waals surface area contributed by atoms with Crippen molar-refractivity contribution in [2.24, 2.45) is 4.99 Å². The van der Waals surface area contributed by atoms with Crippen molar-refractivity contribution in [3.8, 4) is 0 Å². The summed E-state index contributed by atoms with van der Waals surface area (Å²) in [7, 11) is 1.81. The first kappa shape index (κ1) is 18.0. The summed E-state index contributed by atoms with van der Waals surface area (Å²) in [4.78, 5) is 4.26. The van der Waals surface area contributed by atoms with E-state index in [-0.39, 0.29) is 0 Å². The van der Waals surface area contributed by atoms with Gasteiger partial charge in [-0.1, -0.05) is 56.5 Å². The minimum Gasteiger partial charge on any atom is -0.356 e. The largest absolute Gasteiger partial charge is 0.356 e. The fraction of sp³-hybridized carbons (Fsp3) is 0.474. The molecule has 0 unspecified atom stereocenters. The van der Waals surface area contributed by atoms with Crippen LogP contribution in [0.2, 0.25) is 0 Å². The highest BCUT2D eigenvalue weighted by atomic mass is 15.3. The predicted octanol–water partition coefficient (Wildman–Crippen LogP) is 3.18. The zero-order chi connectivity index (χ0) is 17.0. The van der Waals surface area contributed by atoms with Crippen molar-refractivity contribution in [1.29, 1.82) is 0 Å². The lowest BCUT2D eigenvalue weighted by Crippen LogP contribution is -2.37. The van der Waals surface area contributed by atoms with Crippen molar-refractivity contribution in [2.75, 3.05) is 13.6 Å². The van der Waals surface area contributed by atoms with Crippen molar-refractivity contribution in [2.45, 2.75) is 45.7 Å². The Kier molecular flexibility index (Phi) is 7.87. The van der Waals surface area contributed by atoms with Gasteiger partial charge in [-0.2, -0.15) is 5.10 Å². The van der Waals surface area contributed by atoms with Gasteiger partial charge >= 0.3 is 0 Å². The molecule has 2 rings (SSSR count). The zero-order valence-corrected chi connectivity index (χ0v) is 14.8. The van der Waals surface area contributed by atoms with Crippen LogP contribution in [-0.4, -0.2) is 29.3 Å². The number of aromatic nitrogens is 2. The van der Waals surface area contributed by atoms with E-state index in [0.717, 1.165) is 31.2 Å². The molecule has 0 spiro atoms. The van der Waals surface area contributed by atoms with Crippen LogP contribution in [0.15, 0.2) is 47.7 Å². The van der Waals surface area contributed by atoms with Crippen molar-refractivity contribution >= 4 is 5.96 Å². The Morgan fingerprint density at radius 1 is 1.08 bits per heavy atom. The average molecular weight is 327 g/mol. The molecule has 5 nitrogen and oxygen atoms in total. The van der Waals surface area contributed by atoms with Gasteiger partial charge in [-0.15, -0.1) is 0 Å². The van der Waals surface area contributed by atoms with Gasteiger partial charge in [-0.25, -0.2) is 0 Å². The molecule has 1 aromatic heterocycles. The van der Waals surface area contributed by atoms with Gasteiger partial charge in [0, 0.05) is 31.9 Å². The van der Waals surface area contributed by atoms with Gasteiger partial charge in [-0.05, 0) is 12.0 Å². The van der Waals surface area contributed by atoms with Crippen LogP contribution in [0, 0.1) is 0 Å². The molecule has 1 aromatic carbocycles. The predicted molar refractivity (Wildman–Crippen MR) is 100 cm³/mol. The lowest BCUT2D eigenvalue weighted by Gasteiger charge is -2.10. The molecule has 0 saturated heterocycles. The fourth-order valence-corrected chi connectivity index (χ4v) is 2.52. The number of rotatable bonds is 9. The maximum absolute atomic E-state index is 4.43. The Bertz CT molecular complexity index is 603. The molecule has 0 fully saturated rings. The maximum Gasteiger partial charge on any atom is 0.191 e. The molecule has 2 N–H and O–H groups in total. The molecule has 0 radical (unpaired) electrons. The molecule has 0 aliphatic heterocycles. The SMILES string of the molecule is CCCCCCNC(=NC)NCc1cnn(Cc2ccccc2)c1. The molecule has 0 atom stereocenters. The average Bonchev–Trinajstić information content (AvgIpc) is 3.05. The number of nitrogens with zero attached hydrogens (tertiary/aromatic N) is 3. The number of hydrogen-bond donors (Lipinski definition) is 2. The van der Waals surface area contributed by atoms with Crippen molar-refractivity contribution in [1.82, 2.24) is 20.4 Å². The molecule has 1 heterocycles. The number of hydrogen-bond acceptors (Lipinski definition) is 2. The summed E-state index contributed by atoms with van der Waals surface area (Å²) in [5.41, 5.74) is 2.41. The highest BCUT2D eigenvalue weighted by Gasteiger charge is 2.02. The third-order valence-corrected chi connectivity index (χ3v) is 3.88. The molecule has 0 aliphatic rings. The lowest BCUT2D eigenvalue weighted by atomic mass is 10.2. The van der Waals surface area contributed by atoms with Gasteiger partial charge < -0.3 is 10.6 Å². The van der Waals surface area contributed by atoms with E-state index in [9.17, 15) is 0 Å². The lowest BCUT2D eigenvalue weighted by molar-refractivity contribution is 0.647. The summed E-state index contributed by atoms with van der Waals surface area (Å²) in [6, 6.07) is 10.4. The van der Waals surface area contributed by atoms with E-state index in [0.29, 0.717) is 0 Å². The van der Waals surface area contributed by atoms with Crippen molar-refractivity contribution < 1.29 is 0 Å². The van der Waals surface area contributed by atoms with E-state index in [1.54, 1.807) is 7.05 Å². The number of unbranched alkanes of at least 4 members (excludes halogenated alkanes) is 3. The van der Waals surface area contributed by atoms with Crippen LogP contribution in [0.3, 0.4) is 0 Å². The summed E-state index contributed by atoms with van der Waals surface area (Å²) in [6.07, 6.45) is 9.00. The summed E-state index contributed by atoms with van der Waals surface area (Å²) >= 11 is 0. The van der Waals surface area contributed by atoms with Crippen molar-refractivity contribution in [3.05, 3.63) is 53.9 Å². The van der Waals surface area contributed by atoms with Crippen LogP contribution < -0.4 is 10.6 Å². The molecule has 0 amide bonds. The summed E-state index contributed by atoms with van der Waals surface area (Å²) in [6.45, 7) is 4.72. The summed E-state index contributed by atoms with van der Waals surface area (Å²) < 4.78 is 1.97. The Morgan fingerprint density at radius 3 is 2.67 bits per heavy atom. The standard InChI is InChI=1S/C19H29N5/c1-3-4-5-9-12-21-19(20-2)22-13-18-14-23-24(16-18)15-17-10-7-6-8-11-17/h6-8,10-11,14,16H,3-5,9,12-13,15H2,1-2H3,(H2,20,21,22). The quantitative estimate of drug-likeness (QED) is 0.422. The van der Waals surface area contributed by atoms with Gasteiger partial charge in [0.15, 0.2) is 5.96 Å². The number of benzene rings is 1. The highest BCUT2D eigenvalue weighted by molar-refractivity contribution is 5.79. The Hall–Kier alpha value is -2.30. The van der Waals surface area contributed by atoms with E-state index >= 15 is 0 Å². The fourth-order valence-electron chi connectivity index (χ4n) is 2.52. The minimum atomic E-state index is 0.726. The van der Waals surface area contributed by atoms with Gasteiger partial charge in [0.25, 0.3) is 0 Å².